The van der Waals surface area contributed by atoms with Crippen LogP contribution < -0.4 is 26.0 Å². The zero-order chi connectivity index (χ0) is 30.2. The maximum Gasteiger partial charge on any atom is 0.289 e. The zero-order valence-corrected chi connectivity index (χ0v) is 25.6. The van der Waals surface area contributed by atoms with Crippen LogP contribution in [0.25, 0.3) is 0 Å². The Hall–Kier alpha value is -3.08. The van der Waals surface area contributed by atoms with Gasteiger partial charge in [-0.1, -0.05) is 32.4 Å². The predicted molar refractivity (Wildman–Crippen MR) is 161 cm³/mol. The summed E-state index contributed by atoms with van der Waals surface area (Å²) in [6, 6.07) is 4.91. The van der Waals surface area contributed by atoms with Crippen LogP contribution in [0.15, 0.2) is 24.3 Å². The molecule has 0 spiro atoms. The largest absolute Gasteiger partial charge is 0.497 e. The number of unbranched alkanes of at least 4 members (excludes halogenated alkanes) is 1. The van der Waals surface area contributed by atoms with E-state index in [4.69, 9.17) is 4.74 Å². The van der Waals surface area contributed by atoms with Gasteiger partial charge in [-0.05, 0) is 68.4 Å². The minimum Gasteiger partial charge on any atom is -0.497 e. The number of hydrogen-bond donors (Lipinski definition) is 4. The summed E-state index contributed by atoms with van der Waals surface area (Å²) in [4.78, 5) is 63.5. The van der Waals surface area contributed by atoms with E-state index in [1.165, 1.54) is 18.6 Å². The lowest BCUT2D eigenvalue weighted by atomic mass is 9.99. The summed E-state index contributed by atoms with van der Waals surface area (Å²) in [6.45, 7) is 5.54. The number of thioether (sulfide) groups is 1. The van der Waals surface area contributed by atoms with Crippen LogP contribution in [0.1, 0.15) is 71.3 Å². The molecule has 1 unspecified atom stereocenters. The number of methoxy groups -OCH3 is 1. The molecular formula is C30H46N4O6S. The number of Topliss-reactive ketones (excluding diaryl/α,β-unsaturated/α-hetero) is 1. The van der Waals surface area contributed by atoms with Crippen molar-refractivity contribution in [1.29, 1.82) is 0 Å². The molecule has 1 aromatic carbocycles. The summed E-state index contributed by atoms with van der Waals surface area (Å²) in [7, 11) is 1.54. The fraction of sp³-hybridized carbons (Fsp3) is 0.633. The normalized spacial score (nSPS) is 16.0. The molecule has 1 aliphatic rings. The van der Waals surface area contributed by atoms with Gasteiger partial charge in [0.2, 0.25) is 23.5 Å². The highest BCUT2D eigenvalue weighted by Crippen LogP contribution is 2.30. The van der Waals surface area contributed by atoms with Gasteiger partial charge in [0.15, 0.2) is 0 Å². The van der Waals surface area contributed by atoms with Crippen molar-refractivity contribution in [2.75, 3.05) is 26.0 Å². The Morgan fingerprint density at radius 3 is 2.32 bits per heavy atom. The van der Waals surface area contributed by atoms with Crippen LogP contribution in [-0.2, 0) is 30.4 Å². The first kappa shape index (κ1) is 34.1. The van der Waals surface area contributed by atoms with Crippen LogP contribution in [0.4, 0.5) is 0 Å². The Morgan fingerprint density at radius 2 is 1.71 bits per heavy atom. The Bertz CT molecular complexity index is 1010. The van der Waals surface area contributed by atoms with Crippen molar-refractivity contribution in [2.24, 2.45) is 5.92 Å². The lowest BCUT2D eigenvalue weighted by molar-refractivity contribution is -0.140. The molecule has 0 radical (unpaired) electrons. The minimum atomic E-state index is -1.13. The maximum absolute atomic E-state index is 13.3. The maximum atomic E-state index is 13.3. The standard InChI is InChI=1S/C30H46N4O6S/c1-5-31-30(39)28(37)24(18-21-12-14-22(40-4)15-13-21)34-29(38)25(17-20(2)3)33-27(36)19-32-26(35)11-7-6-9-23-10-8-16-41-23/h12-15,20,23-25H,5-11,16-19H2,1-4H3,(H,31,39)(H,32,35)(H,33,36)(H,34,38)/t23?,24-,25-/m0/s1. The third kappa shape index (κ3) is 13.0. The molecule has 1 aliphatic heterocycles. The van der Waals surface area contributed by atoms with Crippen molar-refractivity contribution in [3.05, 3.63) is 29.8 Å². The Balaban J connectivity index is 1.95. The molecular weight excluding hydrogens is 544 g/mol. The van der Waals surface area contributed by atoms with Crippen LogP contribution in [0, 0.1) is 5.92 Å². The fourth-order valence-electron chi connectivity index (χ4n) is 4.63. The summed E-state index contributed by atoms with van der Waals surface area (Å²) >= 11 is 2.01. The van der Waals surface area contributed by atoms with Crippen molar-refractivity contribution < 1.29 is 28.7 Å². The van der Waals surface area contributed by atoms with Crippen molar-refractivity contribution in [1.82, 2.24) is 21.3 Å². The molecule has 0 aliphatic carbocycles. The van der Waals surface area contributed by atoms with E-state index in [9.17, 15) is 24.0 Å². The van der Waals surface area contributed by atoms with Gasteiger partial charge in [-0.15, -0.1) is 0 Å². The van der Waals surface area contributed by atoms with Crippen molar-refractivity contribution in [3.63, 3.8) is 0 Å². The van der Waals surface area contributed by atoms with Gasteiger partial charge in [0.1, 0.15) is 17.8 Å². The average Bonchev–Trinajstić information content (AvgIpc) is 3.47. The van der Waals surface area contributed by atoms with Crippen LogP contribution in [-0.4, -0.2) is 72.7 Å². The topological polar surface area (TPSA) is 143 Å². The Morgan fingerprint density at radius 1 is 0.976 bits per heavy atom. The fourth-order valence-corrected chi connectivity index (χ4v) is 5.96. The van der Waals surface area contributed by atoms with Gasteiger partial charge in [0.25, 0.3) is 5.91 Å². The van der Waals surface area contributed by atoms with Crippen LogP contribution in [0.2, 0.25) is 0 Å². The van der Waals surface area contributed by atoms with Gasteiger partial charge < -0.3 is 26.0 Å². The van der Waals surface area contributed by atoms with Crippen LogP contribution in [0.5, 0.6) is 5.75 Å². The predicted octanol–water partition coefficient (Wildman–Crippen LogP) is 2.53. The first-order chi connectivity index (χ1) is 19.6. The van der Waals surface area contributed by atoms with E-state index in [2.05, 4.69) is 21.3 Å². The number of amides is 4. The summed E-state index contributed by atoms with van der Waals surface area (Å²) in [6.07, 6.45) is 6.17. The molecule has 2 rings (SSSR count). The first-order valence-corrected chi connectivity index (χ1v) is 15.6. The summed E-state index contributed by atoms with van der Waals surface area (Å²) in [5.74, 6) is -0.912. The van der Waals surface area contributed by atoms with E-state index in [0.717, 1.165) is 24.8 Å². The van der Waals surface area contributed by atoms with Gasteiger partial charge in [-0.3, -0.25) is 24.0 Å². The van der Waals surface area contributed by atoms with Gasteiger partial charge in [0, 0.05) is 24.6 Å². The average molecular weight is 591 g/mol. The molecule has 0 aromatic heterocycles. The van der Waals surface area contributed by atoms with E-state index in [0.29, 0.717) is 23.8 Å². The second kappa shape index (κ2) is 18.4. The molecule has 1 aromatic rings. The van der Waals surface area contributed by atoms with Crippen LogP contribution >= 0.6 is 11.8 Å². The van der Waals surface area contributed by atoms with E-state index in [1.807, 2.05) is 25.6 Å². The molecule has 228 valence electrons. The molecule has 0 saturated carbocycles. The second-order valence-corrected chi connectivity index (χ2v) is 12.2. The van der Waals surface area contributed by atoms with E-state index >= 15 is 0 Å². The zero-order valence-electron chi connectivity index (χ0n) is 24.8. The molecule has 1 saturated heterocycles. The van der Waals surface area contributed by atoms with Gasteiger partial charge >= 0.3 is 0 Å². The number of rotatable bonds is 18. The van der Waals surface area contributed by atoms with Gasteiger partial charge in [-0.2, -0.15) is 11.8 Å². The van der Waals surface area contributed by atoms with Crippen molar-refractivity contribution >= 4 is 41.2 Å². The molecule has 3 atom stereocenters. The highest BCUT2D eigenvalue weighted by atomic mass is 32.2. The van der Waals surface area contributed by atoms with Crippen molar-refractivity contribution in [2.45, 2.75) is 89.5 Å². The lowest BCUT2D eigenvalue weighted by Gasteiger charge is -2.24. The van der Waals surface area contributed by atoms with Crippen molar-refractivity contribution in [3.8, 4) is 5.75 Å². The number of hydrogen-bond acceptors (Lipinski definition) is 7. The number of carbonyl (C=O) groups excluding carboxylic acids is 5. The smallest absolute Gasteiger partial charge is 0.289 e. The first-order valence-electron chi connectivity index (χ1n) is 14.6. The number of benzene rings is 1. The van der Waals surface area contributed by atoms with E-state index < -0.39 is 35.6 Å². The molecule has 1 fully saturated rings. The summed E-state index contributed by atoms with van der Waals surface area (Å²) in [5.41, 5.74) is 0.725. The molecule has 41 heavy (non-hydrogen) atoms. The quantitative estimate of drug-likeness (QED) is 0.152. The monoisotopic (exact) mass is 590 g/mol. The Labute approximate surface area is 247 Å². The highest BCUT2D eigenvalue weighted by Gasteiger charge is 2.30. The number of ketones is 1. The lowest BCUT2D eigenvalue weighted by Crippen LogP contribution is -2.55. The van der Waals surface area contributed by atoms with Gasteiger partial charge in [0.05, 0.1) is 13.7 Å². The number of nitrogens with one attached hydrogen (secondary N) is 4. The number of ether oxygens (including phenoxy) is 1. The molecule has 10 nitrogen and oxygen atoms in total. The molecule has 4 amide bonds. The second-order valence-electron chi connectivity index (χ2n) is 10.7. The third-order valence-corrected chi connectivity index (χ3v) is 8.27. The van der Waals surface area contributed by atoms with E-state index in [1.54, 1.807) is 38.3 Å². The van der Waals surface area contributed by atoms with Gasteiger partial charge in [-0.25, -0.2) is 0 Å². The minimum absolute atomic E-state index is 0.0535. The number of carbonyl (C=O) groups is 5. The summed E-state index contributed by atoms with van der Waals surface area (Å²) in [5, 5.41) is 11.2. The number of likely N-dealkylation sites (N-methyl/N-ethyl adjacent to an activating group) is 1. The molecule has 1 heterocycles. The molecule has 4 N–H and O–H groups in total. The Kier molecular flexibility index (Phi) is 15.3. The van der Waals surface area contributed by atoms with E-state index in [-0.39, 0.29) is 31.3 Å². The molecule has 0 bridgehead atoms. The summed E-state index contributed by atoms with van der Waals surface area (Å²) < 4.78 is 5.17. The molecule has 11 heteroatoms. The SMILES string of the molecule is CCNC(=O)C(=O)[C@H](Cc1ccc(OC)cc1)NC(=O)[C@H](CC(C)C)NC(=O)CNC(=O)CCCCC1CCCS1. The third-order valence-electron chi connectivity index (χ3n) is 6.80. The highest BCUT2D eigenvalue weighted by molar-refractivity contribution is 8.00. The van der Waals surface area contributed by atoms with Crippen LogP contribution in [0.3, 0.4) is 0 Å².